The Bertz CT molecular complexity index is 493. The van der Waals surface area contributed by atoms with Crippen molar-refractivity contribution in [3.63, 3.8) is 0 Å². The fourth-order valence-corrected chi connectivity index (χ4v) is 1.79. The maximum atomic E-state index is 12.0. The number of carbonyl (C=O) groups is 1. The lowest BCUT2D eigenvalue weighted by Crippen LogP contribution is -2.32. The summed E-state index contributed by atoms with van der Waals surface area (Å²) in [6.07, 6.45) is 0.389. The van der Waals surface area contributed by atoms with Crippen molar-refractivity contribution in [3.8, 4) is 6.07 Å². The van der Waals surface area contributed by atoms with Gasteiger partial charge < -0.3 is 16.0 Å². The molecule has 0 spiro atoms. The van der Waals surface area contributed by atoms with Crippen LogP contribution in [-0.2, 0) is 0 Å². The number of nitrogens with one attached hydrogen (secondary N) is 1. The summed E-state index contributed by atoms with van der Waals surface area (Å²) in [5.74, 6) is -0.131. The van der Waals surface area contributed by atoms with E-state index in [2.05, 4.69) is 11.4 Å². The van der Waals surface area contributed by atoms with Gasteiger partial charge in [-0.1, -0.05) is 0 Å². The molecule has 0 aliphatic heterocycles. The molecule has 0 radical (unpaired) electrons. The van der Waals surface area contributed by atoms with Crippen molar-refractivity contribution in [3.05, 3.63) is 23.8 Å². The summed E-state index contributed by atoms with van der Waals surface area (Å²) >= 11 is 0. The number of nitrogens with zero attached hydrogens (tertiary/aromatic N) is 2. The summed E-state index contributed by atoms with van der Waals surface area (Å²) in [6.45, 7) is 4.38. The summed E-state index contributed by atoms with van der Waals surface area (Å²) in [5.41, 5.74) is 7.70. The number of nitriles is 1. The van der Waals surface area contributed by atoms with Crippen molar-refractivity contribution < 1.29 is 4.79 Å². The number of hydrogen-bond donors (Lipinski definition) is 2. The van der Waals surface area contributed by atoms with Crippen LogP contribution in [0.3, 0.4) is 0 Å². The number of anilines is 2. The van der Waals surface area contributed by atoms with Gasteiger partial charge in [-0.25, -0.2) is 0 Å². The van der Waals surface area contributed by atoms with E-state index in [0.29, 0.717) is 24.2 Å². The fraction of sp³-hybridized carbons (Fsp3) is 0.429. The van der Waals surface area contributed by atoms with Crippen LogP contribution in [0.4, 0.5) is 11.4 Å². The molecular formula is C14H20N4O. The third-order valence-electron chi connectivity index (χ3n) is 3.03. The van der Waals surface area contributed by atoms with Crippen LogP contribution in [-0.4, -0.2) is 25.5 Å². The van der Waals surface area contributed by atoms with Crippen LogP contribution in [0.2, 0.25) is 0 Å². The Morgan fingerprint density at radius 2 is 2.26 bits per heavy atom. The molecule has 0 bridgehead atoms. The van der Waals surface area contributed by atoms with Crippen molar-refractivity contribution in [2.24, 2.45) is 0 Å². The highest BCUT2D eigenvalue weighted by Gasteiger charge is 2.17. The first-order valence-electron chi connectivity index (χ1n) is 6.28. The minimum Gasteiger partial charge on any atom is -0.399 e. The molecule has 1 amide bonds. The number of carbonyl (C=O) groups excluding carboxylic acids is 1. The van der Waals surface area contributed by atoms with Crippen molar-refractivity contribution in [2.45, 2.75) is 26.3 Å². The van der Waals surface area contributed by atoms with Gasteiger partial charge in [-0.3, -0.25) is 4.79 Å². The maximum absolute atomic E-state index is 12.0. The van der Waals surface area contributed by atoms with Crippen LogP contribution in [0.5, 0.6) is 0 Å². The van der Waals surface area contributed by atoms with Crippen molar-refractivity contribution in [2.75, 3.05) is 24.2 Å². The average molecular weight is 260 g/mol. The van der Waals surface area contributed by atoms with Crippen LogP contribution in [0.1, 0.15) is 30.6 Å². The Labute approximate surface area is 114 Å². The second-order valence-corrected chi connectivity index (χ2v) is 4.46. The Morgan fingerprint density at radius 3 is 2.84 bits per heavy atom. The van der Waals surface area contributed by atoms with Gasteiger partial charge in [-0.2, -0.15) is 5.26 Å². The van der Waals surface area contributed by atoms with E-state index in [0.717, 1.165) is 5.69 Å². The summed E-state index contributed by atoms with van der Waals surface area (Å²) in [4.78, 5) is 13.9. The molecule has 1 aromatic carbocycles. The quantitative estimate of drug-likeness (QED) is 0.790. The van der Waals surface area contributed by atoms with Gasteiger partial charge in [-0.15, -0.1) is 0 Å². The monoisotopic (exact) mass is 260 g/mol. The van der Waals surface area contributed by atoms with Crippen LogP contribution in [0, 0.1) is 11.3 Å². The standard InChI is InChI=1S/C14H20N4O/c1-4-17-14(19)12-6-5-11(16)9-13(12)18(3)10(2)7-8-15/h5-6,9-10H,4,7,16H2,1-3H3,(H,17,19). The first-order chi connectivity index (χ1) is 9.01. The number of amides is 1. The molecule has 5 nitrogen and oxygen atoms in total. The molecule has 1 rings (SSSR count). The fourth-order valence-electron chi connectivity index (χ4n) is 1.79. The van der Waals surface area contributed by atoms with E-state index in [1.54, 1.807) is 18.2 Å². The SMILES string of the molecule is CCNC(=O)c1ccc(N)cc1N(C)C(C)CC#N. The smallest absolute Gasteiger partial charge is 0.253 e. The molecule has 5 heteroatoms. The number of hydrogen-bond acceptors (Lipinski definition) is 4. The zero-order valence-electron chi connectivity index (χ0n) is 11.6. The van der Waals surface area contributed by atoms with Crippen LogP contribution >= 0.6 is 0 Å². The number of nitrogens with two attached hydrogens (primary N) is 1. The zero-order valence-corrected chi connectivity index (χ0v) is 11.6. The minimum atomic E-state index is -0.131. The molecule has 0 saturated carbocycles. The Hall–Kier alpha value is -2.22. The van der Waals surface area contributed by atoms with Crippen molar-refractivity contribution in [1.82, 2.24) is 5.32 Å². The average Bonchev–Trinajstić information content (AvgIpc) is 2.38. The van der Waals surface area contributed by atoms with E-state index in [-0.39, 0.29) is 11.9 Å². The molecule has 0 aliphatic carbocycles. The van der Waals surface area contributed by atoms with E-state index >= 15 is 0 Å². The summed E-state index contributed by atoms with van der Waals surface area (Å²) < 4.78 is 0. The molecule has 0 aromatic heterocycles. The molecule has 0 fully saturated rings. The minimum absolute atomic E-state index is 0.0139. The number of benzene rings is 1. The lowest BCUT2D eigenvalue weighted by atomic mass is 10.1. The molecular weight excluding hydrogens is 240 g/mol. The van der Waals surface area contributed by atoms with Gasteiger partial charge >= 0.3 is 0 Å². The predicted octanol–water partition coefficient (Wildman–Crippen LogP) is 1.76. The van der Waals surface area contributed by atoms with Gasteiger partial charge in [-0.05, 0) is 32.0 Å². The second-order valence-electron chi connectivity index (χ2n) is 4.46. The van der Waals surface area contributed by atoms with Gasteiger partial charge in [0.05, 0.1) is 23.7 Å². The van der Waals surface area contributed by atoms with Gasteiger partial charge in [0.2, 0.25) is 0 Å². The first-order valence-corrected chi connectivity index (χ1v) is 6.28. The maximum Gasteiger partial charge on any atom is 0.253 e. The van der Waals surface area contributed by atoms with Crippen molar-refractivity contribution in [1.29, 1.82) is 5.26 Å². The van der Waals surface area contributed by atoms with Crippen LogP contribution < -0.4 is 16.0 Å². The summed E-state index contributed by atoms with van der Waals surface area (Å²) in [6, 6.07) is 7.33. The second kappa shape index (κ2) is 6.64. The van der Waals surface area contributed by atoms with Crippen LogP contribution in [0.25, 0.3) is 0 Å². The van der Waals surface area contributed by atoms with Crippen LogP contribution in [0.15, 0.2) is 18.2 Å². The molecule has 1 unspecified atom stereocenters. The lowest BCUT2D eigenvalue weighted by molar-refractivity contribution is 0.0956. The molecule has 102 valence electrons. The Kier molecular flexibility index (Phi) is 5.19. The van der Waals surface area contributed by atoms with Crippen molar-refractivity contribution >= 4 is 17.3 Å². The summed E-state index contributed by atoms with van der Waals surface area (Å²) in [7, 11) is 1.86. The largest absolute Gasteiger partial charge is 0.399 e. The first kappa shape index (κ1) is 14.8. The van der Waals surface area contributed by atoms with E-state index in [9.17, 15) is 4.79 Å². The third kappa shape index (κ3) is 3.62. The van der Waals surface area contributed by atoms with Gasteiger partial charge in [0.15, 0.2) is 0 Å². The molecule has 1 aromatic rings. The topological polar surface area (TPSA) is 82.2 Å². The molecule has 1 atom stereocenters. The third-order valence-corrected chi connectivity index (χ3v) is 3.03. The van der Waals surface area contributed by atoms with E-state index < -0.39 is 0 Å². The van der Waals surface area contributed by atoms with Gasteiger partial charge in [0, 0.05) is 25.3 Å². The molecule has 0 aliphatic rings. The van der Waals surface area contributed by atoms with E-state index in [4.69, 9.17) is 11.0 Å². The lowest BCUT2D eigenvalue weighted by Gasteiger charge is -2.27. The highest BCUT2D eigenvalue weighted by atomic mass is 16.1. The van der Waals surface area contributed by atoms with Gasteiger partial charge in [0.25, 0.3) is 5.91 Å². The zero-order chi connectivity index (χ0) is 14.4. The normalized spacial score (nSPS) is 11.5. The highest BCUT2D eigenvalue weighted by Crippen LogP contribution is 2.25. The Morgan fingerprint density at radius 1 is 1.58 bits per heavy atom. The van der Waals surface area contributed by atoms with E-state index in [1.165, 1.54) is 0 Å². The Balaban J connectivity index is 3.13. The van der Waals surface area contributed by atoms with Gasteiger partial charge in [0.1, 0.15) is 0 Å². The van der Waals surface area contributed by atoms with E-state index in [1.807, 2.05) is 25.8 Å². The predicted molar refractivity (Wildman–Crippen MR) is 77.0 cm³/mol. The molecule has 3 N–H and O–H groups in total. The molecule has 19 heavy (non-hydrogen) atoms. The number of nitrogen functional groups attached to an aromatic ring is 1. The highest BCUT2D eigenvalue weighted by molar-refractivity contribution is 6.00. The molecule has 0 heterocycles. The molecule has 0 saturated heterocycles. The summed E-state index contributed by atoms with van der Waals surface area (Å²) in [5, 5.41) is 11.5. The number of rotatable bonds is 5.